The van der Waals surface area contributed by atoms with Gasteiger partial charge in [-0.05, 0) is 6.08 Å². The maximum Gasteiger partial charge on any atom is 0.320 e. The van der Waals surface area contributed by atoms with Gasteiger partial charge in [0.05, 0.1) is 11.8 Å². The predicted molar refractivity (Wildman–Crippen MR) is 50.7 cm³/mol. The van der Waals surface area contributed by atoms with Crippen LogP contribution in [-0.2, 0) is 9.59 Å². The maximum absolute atomic E-state index is 10.9. The van der Waals surface area contributed by atoms with Crippen molar-refractivity contribution in [3.05, 3.63) is 12.3 Å². The molecule has 2 atom stereocenters. The van der Waals surface area contributed by atoms with Crippen molar-refractivity contribution in [3.63, 3.8) is 0 Å². The molecule has 0 saturated carbocycles. The number of nitrogens with zero attached hydrogens (tertiary/aromatic N) is 1. The quantitative estimate of drug-likeness (QED) is 0.662. The average Bonchev–Trinajstić information content (AvgIpc) is 2.01. The van der Waals surface area contributed by atoms with Crippen molar-refractivity contribution < 1.29 is 14.7 Å². The molecule has 1 N–H and O–H groups in total. The topological polar surface area (TPSA) is 57.6 Å². The zero-order chi connectivity index (χ0) is 8.72. The summed E-state index contributed by atoms with van der Waals surface area (Å²) in [6.45, 7) is 0. The Morgan fingerprint density at radius 1 is 1.69 bits per heavy atom. The van der Waals surface area contributed by atoms with Crippen LogP contribution in [0, 0.1) is 0 Å². The number of halogens is 1. The van der Waals surface area contributed by atoms with E-state index in [1.165, 1.54) is 11.8 Å². The van der Waals surface area contributed by atoms with Crippen molar-refractivity contribution in [3.8, 4) is 0 Å². The molecule has 2 aliphatic heterocycles. The van der Waals surface area contributed by atoms with Crippen LogP contribution in [0.5, 0.6) is 0 Å². The molecule has 1 amide bonds. The Balaban J connectivity index is 0.000000845. The molecule has 72 valence electrons. The summed E-state index contributed by atoms with van der Waals surface area (Å²) in [5, 5.41) is 8.23. The molecule has 0 aromatic rings. The van der Waals surface area contributed by atoms with E-state index in [1.54, 1.807) is 17.2 Å². The number of rotatable bonds is 1. The standard InChI is InChI=1S/C7H7NO3S.ClH/c9-5-3-6-8(5)2-1-4(12-6)7(10)11;/h1-2,4,6H,3H2,(H,10,11);1H/t4?,6-;/m1./s1. The first-order valence-corrected chi connectivity index (χ1v) is 4.50. The first-order chi connectivity index (χ1) is 5.68. The first-order valence-electron chi connectivity index (χ1n) is 3.56. The minimum atomic E-state index is -0.838. The smallest absolute Gasteiger partial charge is 0.320 e. The molecular weight excluding hydrogens is 214 g/mol. The summed E-state index contributed by atoms with van der Waals surface area (Å²) in [5.74, 6) is -0.761. The highest BCUT2D eigenvalue weighted by molar-refractivity contribution is 8.01. The summed E-state index contributed by atoms with van der Waals surface area (Å²) < 4.78 is 0. The molecule has 0 bridgehead atoms. The molecule has 1 unspecified atom stereocenters. The van der Waals surface area contributed by atoms with Crippen LogP contribution in [0.4, 0.5) is 0 Å². The van der Waals surface area contributed by atoms with Gasteiger partial charge in [0, 0.05) is 6.20 Å². The van der Waals surface area contributed by atoms with E-state index in [0.29, 0.717) is 6.42 Å². The van der Waals surface area contributed by atoms with Gasteiger partial charge in [-0.1, -0.05) is 0 Å². The van der Waals surface area contributed by atoms with Crippen molar-refractivity contribution in [2.45, 2.75) is 17.0 Å². The largest absolute Gasteiger partial charge is 0.480 e. The first kappa shape index (κ1) is 10.4. The number of fused-ring (bicyclic) bond motifs is 1. The summed E-state index contributed by atoms with van der Waals surface area (Å²) in [5.41, 5.74) is 0. The molecule has 2 rings (SSSR count). The van der Waals surface area contributed by atoms with Crippen LogP contribution in [-0.4, -0.2) is 32.5 Å². The van der Waals surface area contributed by atoms with Gasteiger partial charge >= 0.3 is 5.97 Å². The summed E-state index contributed by atoms with van der Waals surface area (Å²) >= 11 is 1.31. The lowest BCUT2D eigenvalue weighted by Crippen LogP contribution is -2.50. The molecule has 0 spiro atoms. The van der Waals surface area contributed by atoms with Gasteiger partial charge in [-0.25, -0.2) is 0 Å². The Kier molecular flexibility index (Phi) is 2.87. The van der Waals surface area contributed by atoms with Crippen LogP contribution < -0.4 is 0 Å². The van der Waals surface area contributed by atoms with Gasteiger partial charge in [0.1, 0.15) is 5.25 Å². The molecule has 2 heterocycles. The molecule has 1 saturated heterocycles. The van der Waals surface area contributed by atoms with Crippen LogP contribution in [0.2, 0.25) is 0 Å². The van der Waals surface area contributed by atoms with E-state index in [1.807, 2.05) is 0 Å². The molecule has 4 nitrogen and oxygen atoms in total. The number of thioether (sulfide) groups is 1. The minimum absolute atomic E-state index is 0. The normalized spacial score (nSPS) is 30.2. The van der Waals surface area contributed by atoms with Gasteiger partial charge in [0.25, 0.3) is 0 Å². The Labute approximate surface area is 85.4 Å². The van der Waals surface area contributed by atoms with E-state index in [-0.39, 0.29) is 23.7 Å². The van der Waals surface area contributed by atoms with Crippen LogP contribution in [0.25, 0.3) is 0 Å². The maximum atomic E-state index is 10.9. The van der Waals surface area contributed by atoms with E-state index < -0.39 is 11.2 Å². The van der Waals surface area contributed by atoms with Gasteiger partial charge in [-0.15, -0.1) is 24.2 Å². The third kappa shape index (κ3) is 1.66. The average molecular weight is 222 g/mol. The fourth-order valence-corrected chi connectivity index (χ4v) is 2.39. The molecule has 2 aliphatic rings. The second kappa shape index (κ2) is 3.59. The summed E-state index contributed by atoms with van der Waals surface area (Å²) in [6.07, 6.45) is 3.59. The van der Waals surface area contributed by atoms with E-state index in [9.17, 15) is 9.59 Å². The number of β-lactam (4-membered cyclic amide) rings is 1. The Morgan fingerprint density at radius 2 is 2.38 bits per heavy atom. The fourth-order valence-electron chi connectivity index (χ4n) is 1.22. The van der Waals surface area contributed by atoms with Crippen LogP contribution >= 0.6 is 24.2 Å². The zero-order valence-corrected chi connectivity index (χ0v) is 8.18. The van der Waals surface area contributed by atoms with Crippen molar-refractivity contribution in [1.29, 1.82) is 0 Å². The molecule has 6 heteroatoms. The highest BCUT2D eigenvalue weighted by Gasteiger charge is 2.40. The zero-order valence-electron chi connectivity index (χ0n) is 6.54. The summed E-state index contributed by atoms with van der Waals surface area (Å²) in [6, 6.07) is 0. The van der Waals surface area contributed by atoms with Gasteiger partial charge in [0.15, 0.2) is 0 Å². The second-order valence-corrected chi connectivity index (χ2v) is 4.02. The highest BCUT2D eigenvalue weighted by atomic mass is 35.5. The molecule has 0 aromatic carbocycles. The van der Waals surface area contributed by atoms with Gasteiger partial charge in [-0.3, -0.25) is 9.59 Å². The SMILES string of the molecule is Cl.O=C(O)C1C=CN2C(=O)C[C@H]2S1. The van der Waals surface area contributed by atoms with E-state index in [0.717, 1.165) is 0 Å². The van der Waals surface area contributed by atoms with Crippen LogP contribution in [0.1, 0.15) is 6.42 Å². The van der Waals surface area contributed by atoms with E-state index in [4.69, 9.17) is 5.11 Å². The van der Waals surface area contributed by atoms with Crippen molar-refractivity contribution in [2.24, 2.45) is 0 Å². The number of hydrogen-bond donors (Lipinski definition) is 1. The van der Waals surface area contributed by atoms with E-state index >= 15 is 0 Å². The fraction of sp³-hybridized carbons (Fsp3) is 0.429. The number of carboxylic acid groups (broad SMARTS) is 1. The van der Waals surface area contributed by atoms with Gasteiger partial charge in [0.2, 0.25) is 5.91 Å². The van der Waals surface area contributed by atoms with Crippen molar-refractivity contribution in [1.82, 2.24) is 4.90 Å². The number of carboxylic acids is 1. The predicted octanol–water partition coefficient (Wildman–Crippen LogP) is 0.680. The Hall–Kier alpha value is -0.680. The molecule has 0 aliphatic carbocycles. The van der Waals surface area contributed by atoms with Crippen LogP contribution in [0.15, 0.2) is 12.3 Å². The van der Waals surface area contributed by atoms with Crippen molar-refractivity contribution >= 4 is 36.0 Å². The molecule has 0 radical (unpaired) electrons. The van der Waals surface area contributed by atoms with Gasteiger partial charge in [-0.2, -0.15) is 0 Å². The van der Waals surface area contributed by atoms with Crippen molar-refractivity contribution in [2.75, 3.05) is 0 Å². The summed E-state index contributed by atoms with van der Waals surface area (Å²) in [7, 11) is 0. The lowest BCUT2D eigenvalue weighted by Gasteiger charge is -2.40. The minimum Gasteiger partial charge on any atom is -0.480 e. The molecule has 13 heavy (non-hydrogen) atoms. The number of hydrogen-bond acceptors (Lipinski definition) is 3. The monoisotopic (exact) mass is 221 g/mol. The number of carbonyl (C=O) groups excluding carboxylic acids is 1. The lowest BCUT2D eigenvalue weighted by molar-refractivity contribution is -0.139. The second-order valence-electron chi connectivity index (χ2n) is 2.70. The molecular formula is C7H8ClNO3S. The Morgan fingerprint density at radius 3 is 2.85 bits per heavy atom. The lowest BCUT2D eigenvalue weighted by atomic mass is 10.2. The molecule has 0 aromatic heterocycles. The van der Waals surface area contributed by atoms with Crippen LogP contribution in [0.3, 0.4) is 0 Å². The third-order valence-corrected chi connectivity index (χ3v) is 3.28. The Bertz CT molecular complexity index is 281. The van der Waals surface area contributed by atoms with Gasteiger partial charge < -0.3 is 10.0 Å². The number of amides is 1. The molecule has 1 fully saturated rings. The van der Waals surface area contributed by atoms with E-state index in [2.05, 4.69) is 0 Å². The highest BCUT2D eigenvalue weighted by Crippen LogP contribution is 2.36. The summed E-state index contributed by atoms with van der Waals surface area (Å²) in [4.78, 5) is 23.0. The third-order valence-electron chi connectivity index (χ3n) is 1.92. The number of carbonyl (C=O) groups is 2. The number of aliphatic carboxylic acids is 1.